The summed E-state index contributed by atoms with van der Waals surface area (Å²) < 4.78 is 21.9. The van der Waals surface area contributed by atoms with Crippen molar-refractivity contribution in [3.8, 4) is 17.0 Å². The summed E-state index contributed by atoms with van der Waals surface area (Å²) in [6.07, 6.45) is 2.75. The van der Waals surface area contributed by atoms with Crippen molar-refractivity contribution in [3.05, 3.63) is 87.4 Å². The molecule has 0 saturated heterocycles. The zero-order valence-corrected chi connectivity index (χ0v) is 17.5. The van der Waals surface area contributed by atoms with Crippen LogP contribution in [-0.2, 0) is 6.42 Å². The lowest BCUT2D eigenvalue weighted by Crippen LogP contribution is -2.00. The van der Waals surface area contributed by atoms with Crippen LogP contribution in [0, 0.1) is 19.7 Å². The van der Waals surface area contributed by atoms with Crippen LogP contribution in [0.5, 0.6) is 5.75 Å². The highest BCUT2D eigenvalue weighted by atomic mass is 79.9. The molecule has 3 nitrogen and oxygen atoms in total. The molecule has 0 spiro atoms. The van der Waals surface area contributed by atoms with Crippen LogP contribution in [0.4, 0.5) is 4.39 Å². The number of halogens is 2. The van der Waals surface area contributed by atoms with Crippen LogP contribution < -0.4 is 4.74 Å². The number of aryl methyl sites for hydroxylation is 2. The zero-order valence-electron chi connectivity index (χ0n) is 16.0. The maximum atomic E-state index is 13.5. The number of rotatable bonds is 4. The largest absolute Gasteiger partial charge is 0.497 e. The number of benzene rings is 2. The fourth-order valence-electron chi connectivity index (χ4n) is 3.50. The predicted molar refractivity (Wildman–Crippen MR) is 114 cm³/mol. The maximum Gasteiger partial charge on any atom is 0.140 e. The zero-order chi connectivity index (χ0) is 19.8. The van der Waals surface area contributed by atoms with Crippen LogP contribution in [0.2, 0.25) is 0 Å². The van der Waals surface area contributed by atoms with E-state index in [4.69, 9.17) is 9.72 Å². The molecule has 142 valence electrons. The Hall–Kier alpha value is -2.66. The summed E-state index contributed by atoms with van der Waals surface area (Å²) >= 11 is 3.60. The number of aromatic nitrogens is 2. The van der Waals surface area contributed by atoms with Crippen LogP contribution >= 0.6 is 15.9 Å². The molecule has 4 rings (SSSR count). The number of nitrogens with zero attached hydrogens (tertiary/aromatic N) is 2. The average Bonchev–Trinajstić information content (AvgIpc) is 3.02. The molecule has 0 atom stereocenters. The lowest BCUT2D eigenvalue weighted by Gasteiger charge is -2.11. The standard InChI is InChI=1S/C23H20BrFN2O/c1-14-11-20(28-3)9-6-17(14)12-21-22(16-4-7-19(25)8-5-16)26-23-15(2)10-18(24)13-27(21)23/h4-11,13H,12H2,1-3H3. The topological polar surface area (TPSA) is 26.5 Å². The van der Waals surface area contributed by atoms with Gasteiger partial charge in [0.15, 0.2) is 0 Å². The number of imidazole rings is 1. The Bertz CT molecular complexity index is 1170. The summed E-state index contributed by atoms with van der Waals surface area (Å²) in [4.78, 5) is 4.91. The Morgan fingerprint density at radius 1 is 1.04 bits per heavy atom. The number of ether oxygens (including phenoxy) is 1. The lowest BCUT2D eigenvalue weighted by atomic mass is 10.0. The fraction of sp³-hybridized carbons (Fsp3) is 0.174. The third kappa shape index (κ3) is 3.42. The number of hydrogen-bond acceptors (Lipinski definition) is 2. The van der Waals surface area contributed by atoms with Crippen LogP contribution in [-0.4, -0.2) is 16.5 Å². The van der Waals surface area contributed by atoms with Gasteiger partial charge < -0.3 is 9.14 Å². The highest BCUT2D eigenvalue weighted by Gasteiger charge is 2.17. The molecule has 0 aliphatic heterocycles. The van der Waals surface area contributed by atoms with E-state index >= 15 is 0 Å². The molecule has 0 aliphatic rings. The van der Waals surface area contributed by atoms with E-state index in [-0.39, 0.29) is 5.82 Å². The van der Waals surface area contributed by atoms with Gasteiger partial charge in [-0.1, -0.05) is 6.07 Å². The van der Waals surface area contributed by atoms with E-state index < -0.39 is 0 Å². The van der Waals surface area contributed by atoms with Gasteiger partial charge in [0, 0.05) is 22.7 Å². The van der Waals surface area contributed by atoms with E-state index in [0.717, 1.165) is 43.9 Å². The molecule has 2 aromatic carbocycles. The molecule has 2 aromatic heterocycles. The summed E-state index contributed by atoms with van der Waals surface area (Å²) in [6, 6.07) is 14.7. The third-order valence-electron chi connectivity index (χ3n) is 4.99. The summed E-state index contributed by atoms with van der Waals surface area (Å²) in [7, 11) is 1.67. The molecule has 0 unspecified atom stereocenters. The van der Waals surface area contributed by atoms with E-state index in [1.165, 1.54) is 17.7 Å². The van der Waals surface area contributed by atoms with Crippen molar-refractivity contribution in [2.24, 2.45) is 0 Å². The first-order valence-electron chi connectivity index (χ1n) is 9.03. The van der Waals surface area contributed by atoms with Crippen molar-refractivity contribution < 1.29 is 9.13 Å². The minimum atomic E-state index is -0.251. The quantitative estimate of drug-likeness (QED) is 0.383. The van der Waals surface area contributed by atoms with Gasteiger partial charge in [0.25, 0.3) is 0 Å². The molecule has 0 fully saturated rings. The average molecular weight is 439 g/mol. The van der Waals surface area contributed by atoms with Gasteiger partial charge in [-0.15, -0.1) is 0 Å². The predicted octanol–water partition coefficient (Wildman–Crippen LogP) is 6.12. The van der Waals surface area contributed by atoms with Crippen molar-refractivity contribution in [2.75, 3.05) is 7.11 Å². The van der Waals surface area contributed by atoms with Gasteiger partial charge >= 0.3 is 0 Å². The molecule has 0 N–H and O–H groups in total. The van der Waals surface area contributed by atoms with Crippen molar-refractivity contribution in [1.29, 1.82) is 0 Å². The summed E-state index contributed by atoms with van der Waals surface area (Å²) in [5.41, 5.74) is 7.19. The first kappa shape index (κ1) is 18.7. The van der Waals surface area contributed by atoms with E-state index in [0.29, 0.717) is 6.42 Å². The van der Waals surface area contributed by atoms with Gasteiger partial charge in [-0.3, -0.25) is 0 Å². The van der Waals surface area contributed by atoms with Crippen LogP contribution in [0.1, 0.15) is 22.4 Å². The van der Waals surface area contributed by atoms with E-state index in [1.807, 2.05) is 25.3 Å². The molecule has 28 heavy (non-hydrogen) atoms. The Morgan fingerprint density at radius 2 is 1.79 bits per heavy atom. The van der Waals surface area contributed by atoms with Crippen molar-refractivity contribution >= 4 is 21.6 Å². The van der Waals surface area contributed by atoms with Crippen LogP contribution in [0.15, 0.2) is 59.2 Å². The van der Waals surface area contributed by atoms with Crippen molar-refractivity contribution in [1.82, 2.24) is 9.38 Å². The Balaban J connectivity index is 1.92. The van der Waals surface area contributed by atoms with E-state index in [2.05, 4.69) is 39.4 Å². The highest BCUT2D eigenvalue weighted by Crippen LogP contribution is 2.30. The second kappa shape index (κ2) is 7.40. The first-order valence-corrected chi connectivity index (χ1v) is 9.82. The number of methoxy groups -OCH3 is 1. The van der Waals surface area contributed by atoms with Gasteiger partial charge in [-0.05, 0) is 88.9 Å². The molecular weight excluding hydrogens is 419 g/mol. The molecule has 5 heteroatoms. The summed E-state index contributed by atoms with van der Waals surface area (Å²) in [6.45, 7) is 4.13. The monoisotopic (exact) mass is 438 g/mol. The third-order valence-corrected chi connectivity index (χ3v) is 5.43. The van der Waals surface area contributed by atoms with Gasteiger partial charge in [0.1, 0.15) is 17.2 Å². The van der Waals surface area contributed by atoms with E-state index in [9.17, 15) is 4.39 Å². The molecule has 0 amide bonds. The second-order valence-electron chi connectivity index (χ2n) is 6.92. The Labute approximate surface area is 171 Å². The molecule has 0 bridgehead atoms. The van der Waals surface area contributed by atoms with Gasteiger partial charge in [0.2, 0.25) is 0 Å². The molecule has 0 saturated carbocycles. The van der Waals surface area contributed by atoms with Gasteiger partial charge in [-0.2, -0.15) is 0 Å². The first-order chi connectivity index (χ1) is 13.5. The summed E-state index contributed by atoms with van der Waals surface area (Å²) in [5.74, 6) is 0.593. The summed E-state index contributed by atoms with van der Waals surface area (Å²) in [5, 5.41) is 0. The maximum absolute atomic E-state index is 13.5. The fourth-order valence-corrected chi connectivity index (χ4v) is 4.05. The molecule has 0 radical (unpaired) electrons. The molecular formula is C23H20BrFN2O. The normalized spacial score (nSPS) is 11.2. The minimum absolute atomic E-state index is 0.251. The molecule has 2 heterocycles. The van der Waals surface area contributed by atoms with E-state index in [1.54, 1.807) is 19.2 Å². The van der Waals surface area contributed by atoms with Gasteiger partial charge in [0.05, 0.1) is 18.5 Å². The number of fused-ring (bicyclic) bond motifs is 1. The highest BCUT2D eigenvalue weighted by molar-refractivity contribution is 9.10. The molecule has 0 aliphatic carbocycles. The minimum Gasteiger partial charge on any atom is -0.497 e. The smallest absolute Gasteiger partial charge is 0.140 e. The van der Waals surface area contributed by atoms with Crippen molar-refractivity contribution in [2.45, 2.75) is 20.3 Å². The Morgan fingerprint density at radius 3 is 2.46 bits per heavy atom. The van der Waals surface area contributed by atoms with Crippen LogP contribution in [0.3, 0.4) is 0 Å². The number of hydrogen-bond donors (Lipinski definition) is 0. The Kier molecular flexibility index (Phi) is 4.94. The molecule has 4 aromatic rings. The SMILES string of the molecule is COc1ccc(Cc2c(-c3ccc(F)cc3)nc3c(C)cc(Br)cn23)c(C)c1. The number of pyridine rings is 1. The van der Waals surface area contributed by atoms with Gasteiger partial charge in [-0.25, -0.2) is 9.37 Å². The lowest BCUT2D eigenvalue weighted by molar-refractivity contribution is 0.414. The van der Waals surface area contributed by atoms with Crippen molar-refractivity contribution in [3.63, 3.8) is 0 Å². The second-order valence-corrected chi connectivity index (χ2v) is 7.83. The van der Waals surface area contributed by atoms with Crippen LogP contribution in [0.25, 0.3) is 16.9 Å².